The molecule has 0 heterocycles. The third-order valence-corrected chi connectivity index (χ3v) is 1.36. The molecule has 0 atom stereocenters. The van der Waals surface area contributed by atoms with Crippen LogP contribution in [-0.4, -0.2) is 70.6 Å². The lowest BCUT2D eigenvalue weighted by Crippen LogP contribution is -2.37. The van der Waals surface area contributed by atoms with Gasteiger partial charge in [-0.3, -0.25) is 13.7 Å². The summed E-state index contributed by atoms with van der Waals surface area (Å²) in [6.07, 6.45) is -22.6. The number of rotatable bonds is 7. The zero-order chi connectivity index (χ0) is 29.2. The van der Waals surface area contributed by atoms with E-state index in [0.29, 0.717) is 14.1 Å². The lowest BCUT2D eigenvalue weighted by Gasteiger charge is -2.22. The molecule has 0 saturated carbocycles. The number of hydrogen-bond acceptors (Lipinski definition) is 4. The van der Waals surface area contributed by atoms with E-state index < -0.39 is 67.4 Å². The molecule has 0 rings (SSSR count). The van der Waals surface area contributed by atoms with Gasteiger partial charge in [-0.1, -0.05) is 3.89 Å². The number of hydrogen-bond donors (Lipinski definition) is 1. The molecule has 0 aromatic carbocycles. The maximum absolute atomic E-state index is 12.0. The zero-order valence-electron chi connectivity index (χ0n) is 16.2. The fraction of sp³-hybridized carbons (Fsp3) is 1.00. The molecule has 0 fully saturated rings. The second kappa shape index (κ2) is 18.0. The molecule has 0 aromatic heterocycles. The standard InChI is InChI=1S/C5H4F8O.C3H5F3.C2H2F4O.CH3F.FHO3S/c6-2-5(12,13)14-4(10,11)1-3(7,8)9;1-3(5,6)2-4;3-1-2(4,5)7-6;1-2;1-5(2,3)4/h1-2H2;2H2,1H3;1H2;1H3;(H,2,3,4). The van der Waals surface area contributed by atoms with Crippen LogP contribution < -0.4 is 0 Å². The molecule has 0 aromatic rings. The Balaban J connectivity index is -0.000000118. The summed E-state index contributed by atoms with van der Waals surface area (Å²) in [7, 11) is -4.67. The van der Waals surface area contributed by atoms with Gasteiger partial charge in [0.1, 0.15) is 6.42 Å². The summed E-state index contributed by atoms with van der Waals surface area (Å²) in [5.74, 6) is -3.12. The van der Waals surface area contributed by atoms with Gasteiger partial charge >= 0.3 is 35.0 Å². The van der Waals surface area contributed by atoms with Gasteiger partial charge in [-0.15, -0.1) is 4.94 Å². The van der Waals surface area contributed by atoms with E-state index in [1.807, 2.05) is 4.94 Å². The van der Waals surface area contributed by atoms with E-state index in [0.717, 1.165) is 0 Å². The Bertz CT molecular complexity index is 561. The Hall–Kier alpha value is -1.36. The molecule has 0 saturated heterocycles. The van der Waals surface area contributed by atoms with Crippen LogP contribution >= 0.6 is 0 Å². The molecule has 23 heteroatoms. The third kappa shape index (κ3) is 52.5. The summed E-state index contributed by atoms with van der Waals surface area (Å²) in [5.41, 5.74) is 0. The third-order valence-electron chi connectivity index (χ3n) is 1.36. The van der Waals surface area contributed by atoms with Crippen LogP contribution in [0.1, 0.15) is 13.3 Å². The van der Waals surface area contributed by atoms with Crippen molar-refractivity contribution in [1.82, 2.24) is 0 Å². The SMILES string of the molecule is CC(F)(F)CF.CF.FCC(F)(F)OC(F)(F)CC(F)(F)F.FCC(F)(F)OF.O=S(=O)(O)F. The minimum atomic E-state index is -5.38. The Kier molecular flexibility index (Phi) is 22.6. The van der Waals surface area contributed by atoms with E-state index in [9.17, 15) is 74.3 Å². The van der Waals surface area contributed by atoms with E-state index in [-0.39, 0.29) is 0 Å². The van der Waals surface area contributed by atoms with E-state index >= 15 is 0 Å². The van der Waals surface area contributed by atoms with E-state index in [1.54, 1.807) is 0 Å². The molecule has 5 nitrogen and oxygen atoms in total. The van der Waals surface area contributed by atoms with Gasteiger partial charge < -0.3 is 0 Å². The summed E-state index contributed by atoms with van der Waals surface area (Å²) >= 11 is 0. The minimum absolute atomic E-state index is 0.500. The Morgan fingerprint density at radius 1 is 0.706 bits per heavy atom. The van der Waals surface area contributed by atoms with Crippen molar-refractivity contribution in [2.45, 2.75) is 43.8 Å². The highest BCUT2D eigenvalue weighted by Gasteiger charge is 2.51. The number of alkyl halides is 15. The first-order valence-electron chi connectivity index (χ1n) is 6.96. The van der Waals surface area contributed by atoms with Crippen molar-refractivity contribution in [3.05, 3.63) is 0 Å². The quantitative estimate of drug-likeness (QED) is 0.211. The summed E-state index contributed by atoms with van der Waals surface area (Å²) < 4.78 is 214. The minimum Gasteiger partial charge on any atom is -0.260 e. The van der Waals surface area contributed by atoms with Gasteiger partial charge in [0.05, 0.1) is 7.18 Å². The van der Waals surface area contributed by atoms with Crippen LogP contribution in [0, 0.1) is 0 Å². The van der Waals surface area contributed by atoms with Crippen LogP contribution in [0.15, 0.2) is 0 Å². The first kappa shape index (κ1) is 42.8. The highest BCUT2D eigenvalue weighted by Crippen LogP contribution is 2.36. The Morgan fingerprint density at radius 3 is 1.09 bits per heavy atom. The highest BCUT2D eigenvalue weighted by atomic mass is 32.3. The molecule has 1 N–H and O–H groups in total. The van der Waals surface area contributed by atoms with Crippen LogP contribution in [-0.2, 0) is 20.2 Å². The van der Waals surface area contributed by atoms with Crippen LogP contribution in [0.4, 0.5) is 74.3 Å². The lowest BCUT2D eigenvalue weighted by atomic mass is 10.4. The number of halogens is 17. The molecule has 0 aliphatic carbocycles. The molecule has 0 unspecified atom stereocenters. The summed E-state index contributed by atoms with van der Waals surface area (Å²) in [4.78, 5) is 1.88. The average Bonchev–Trinajstić information content (AvgIpc) is 2.59. The first-order valence-corrected chi connectivity index (χ1v) is 8.30. The van der Waals surface area contributed by atoms with Crippen molar-refractivity contribution in [2.24, 2.45) is 0 Å². The van der Waals surface area contributed by atoms with Crippen molar-refractivity contribution in [3.8, 4) is 0 Å². The van der Waals surface area contributed by atoms with Gasteiger partial charge in [-0.05, 0) is 4.53 Å². The van der Waals surface area contributed by atoms with E-state index in [1.165, 1.54) is 0 Å². The fourth-order valence-electron chi connectivity index (χ4n) is 0.536. The molecule has 0 amide bonds. The van der Waals surface area contributed by atoms with Gasteiger partial charge in [-0.25, -0.2) is 22.0 Å². The van der Waals surface area contributed by atoms with Gasteiger partial charge in [0.2, 0.25) is 0 Å². The summed E-state index contributed by atoms with van der Waals surface area (Å²) in [6.45, 7) is -5.79. The monoisotopic (exact) mass is 582 g/mol. The maximum atomic E-state index is 12.0. The van der Waals surface area contributed by atoms with Crippen molar-refractivity contribution in [1.29, 1.82) is 0 Å². The number of ether oxygens (including phenoxy) is 1. The van der Waals surface area contributed by atoms with Gasteiger partial charge in [0, 0.05) is 6.92 Å². The molecule has 0 spiro atoms. The molecular formula is C11H15F17O5S. The molecule has 34 heavy (non-hydrogen) atoms. The predicted octanol–water partition coefficient (Wildman–Crippen LogP) is 6.52. The zero-order valence-corrected chi connectivity index (χ0v) is 17.1. The average molecular weight is 582 g/mol. The fourth-order valence-corrected chi connectivity index (χ4v) is 0.536. The van der Waals surface area contributed by atoms with E-state index in [2.05, 4.69) is 4.74 Å². The smallest absolute Gasteiger partial charge is 0.260 e. The summed E-state index contributed by atoms with van der Waals surface area (Å²) in [5, 5.41) is 0. The van der Waals surface area contributed by atoms with Crippen molar-refractivity contribution in [3.63, 3.8) is 0 Å². The first-order chi connectivity index (χ1) is 14.7. The second-order valence-electron chi connectivity index (χ2n) is 4.77. The van der Waals surface area contributed by atoms with Crippen molar-refractivity contribution in [2.75, 3.05) is 27.2 Å². The van der Waals surface area contributed by atoms with Crippen LogP contribution in [0.2, 0.25) is 0 Å². The highest BCUT2D eigenvalue weighted by molar-refractivity contribution is 7.80. The van der Waals surface area contributed by atoms with Gasteiger partial charge in [-0.2, -0.15) is 47.9 Å². The largest absolute Gasteiger partial charge is 0.435 e. The van der Waals surface area contributed by atoms with Crippen LogP contribution in [0.5, 0.6) is 0 Å². The maximum Gasteiger partial charge on any atom is 0.435 e. The molecule has 214 valence electrons. The second-order valence-corrected chi connectivity index (χ2v) is 5.59. The Morgan fingerprint density at radius 2 is 0.971 bits per heavy atom. The van der Waals surface area contributed by atoms with E-state index in [4.69, 9.17) is 13.0 Å². The molecular weight excluding hydrogens is 567 g/mol. The molecule has 0 aliphatic heterocycles. The van der Waals surface area contributed by atoms with Crippen LogP contribution in [0.3, 0.4) is 0 Å². The predicted molar refractivity (Wildman–Crippen MR) is 77.0 cm³/mol. The van der Waals surface area contributed by atoms with Crippen LogP contribution in [0.25, 0.3) is 0 Å². The Labute approximate surface area is 179 Å². The molecule has 0 bridgehead atoms. The van der Waals surface area contributed by atoms with Gasteiger partial charge in [0.25, 0.3) is 5.92 Å². The normalized spacial score (nSPS) is 12.5. The van der Waals surface area contributed by atoms with Gasteiger partial charge in [0.15, 0.2) is 20.0 Å². The summed E-state index contributed by atoms with van der Waals surface area (Å²) in [6, 6.07) is 0. The molecule has 0 aliphatic rings. The lowest BCUT2D eigenvalue weighted by molar-refractivity contribution is -0.395. The topological polar surface area (TPSA) is 72.8 Å². The van der Waals surface area contributed by atoms with Crippen molar-refractivity contribution < 1.29 is 96.9 Å². The molecule has 0 radical (unpaired) electrons. The van der Waals surface area contributed by atoms with Crippen molar-refractivity contribution >= 4 is 10.5 Å².